The summed E-state index contributed by atoms with van der Waals surface area (Å²) in [6, 6.07) is 13.0. The van der Waals surface area contributed by atoms with Gasteiger partial charge < -0.3 is 9.73 Å². The fraction of sp³-hybridized carbons (Fsp3) is 0.400. The highest BCUT2D eigenvalue weighted by atomic mass is 32.2. The van der Waals surface area contributed by atoms with Crippen molar-refractivity contribution in [3.63, 3.8) is 0 Å². The van der Waals surface area contributed by atoms with Crippen molar-refractivity contribution in [1.29, 1.82) is 0 Å². The molecule has 0 fully saturated rings. The zero-order chi connectivity index (χ0) is 18.1. The molecule has 25 heavy (non-hydrogen) atoms. The van der Waals surface area contributed by atoms with Crippen LogP contribution in [-0.2, 0) is 21.8 Å². The van der Waals surface area contributed by atoms with Crippen LogP contribution in [0.15, 0.2) is 53.1 Å². The minimum atomic E-state index is -0.488. The topological polar surface area (TPSA) is 59.3 Å². The Labute approximate surface area is 153 Å². The molecule has 1 aromatic carbocycles. The fourth-order valence-electron chi connectivity index (χ4n) is 2.47. The summed E-state index contributed by atoms with van der Waals surface area (Å²) in [4.78, 5) is 24.8. The minimum Gasteiger partial charge on any atom is -0.468 e. The number of ketones is 1. The maximum absolute atomic E-state index is 12.6. The quantitative estimate of drug-likeness (QED) is 0.700. The van der Waals surface area contributed by atoms with Gasteiger partial charge in [-0.3, -0.25) is 9.59 Å². The third-order valence-electron chi connectivity index (χ3n) is 3.67. The van der Waals surface area contributed by atoms with E-state index < -0.39 is 6.04 Å². The Morgan fingerprint density at radius 3 is 2.52 bits per heavy atom. The van der Waals surface area contributed by atoms with Gasteiger partial charge in [0.25, 0.3) is 0 Å². The van der Waals surface area contributed by atoms with Gasteiger partial charge >= 0.3 is 0 Å². The molecule has 5 heteroatoms. The van der Waals surface area contributed by atoms with Crippen molar-refractivity contribution in [3.8, 4) is 0 Å². The number of benzene rings is 1. The van der Waals surface area contributed by atoms with E-state index >= 15 is 0 Å². The Bertz CT molecular complexity index is 653. The van der Waals surface area contributed by atoms with Gasteiger partial charge in [-0.25, -0.2) is 0 Å². The largest absolute Gasteiger partial charge is 0.468 e. The molecule has 2 rings (SSSR count). The third-order valence-corrected chi connectivity index (χ3v) is 4.65. The second-order valence-corrected chi connectivity index (χ2v) is 7.43. The Morgan fingerprint density at radius 1 is 1.12 bits per heavy atom. The Hall–Kier alpha value is -2.01. The van der Waals surface area contributed by atoms with Crippen molar-refractivity contribution in [2.24, 2.45) is 5.92 Å². The van der Waals surface area contributed by atoms with Gasteiger partial charge in [0.2, 0.25) is 5.91 Å². The minimum absolute atomic E-state index is 0.0394. The molecule has 0 saturated heterocycles. The molecular formula is C20H25NO3S. The number of amides is 1. The molecular weight excluding hydrogens is 334 g/mol. The molecule has 134 valence electrons. The smallest absolute Gasteiger partial charge is 0.220 e. The van der Waals surface area contributed by atoms with E-state index in [1.807, 2.05) is 56.3 Å². The summed E-state index contributed by atoms with van der Waals surface area (Å²) in [6.07, 6.45) is 2.57. The average Bonchev–Trinajstić information content (AvgIpc) is 3.07. The van der Waals surface area contributed by atoms with Crippen LogP contribution < -0.4 is 5.32 Å². The van der Waals surface area contributed by atoms with E-state index in [0.29, 0.717) is 24.3 Å². The SMILES string of the molecule is CC(C)CC(=O)NC(Cc1ccccc1)C(=O)CSCc1ccco1. The lowest BCUT2D eigenvalue weighted by molar-refractivity contribution is -0.127. The van der Waals surface area contributed by atoms with Gasteiger partial charge in [0.05, 0.1) is 23.8 Å². The molecule has 1 heterocycles. The highest BCUT2D eigenvalue weighted by Gasteiger charge is 2.21. The van der Waals surface area contributed by atoms with Crippen LogP contribution in [0.2, 0.25) is 0 Å². The number of rotatable bonds is 10. The number of nitrogens with one attached hydrogen (secondary N) is 1. The van der Waals surface area contributed by atoms with Crippen molar-refractivity contribution < 1.29 is 14.0 Å². The summed E-state index contributed by atoms with van der Waals surface area (Å²) < 4.78 is 5.28. The molecule has 1 N–H and O–H groups in total. The molecule has 0 spiro atoms. The number of carbonyl (C=O) groups excluding carboxylic acids is 2. The van der Waals surface area contributed by atoms with E-state index in [4.69, 9.17) is 4.42 Å². The van der Waals surface area contributed by atoms with E-state index in [1.165, 1.54) is 11.8 Å². The van der Waals surface area contributed by atoms with Gasteiger partial charge in [0, 0.05) is 6.42 Å². The summed E-state index contributed by atoms with van der Waals surface area (Å²) >= 11 is 1.50. The predicted molar refractivity (Wildman–Crippen MR) is 101 cm³/mol. The van der Waals surface area contributed by atoms with Gasteiger partial charge in [-0.2, -0.15) is 0 Å². The summed E-state index contributed by atoms with van der Waals surface area (Å²) in [5.74, 6) is 2.08. The van der Waals surface area contributed by atoms with Crippen LogP contribution in [0.25, 0.3) is 0 Å². The van der Waals surface area contributed by atoms with Crippen molar-refractivity contribution in [2.75, 3.05) is 5.75 Å². The molecule has 0 bridgehead atoms. The number of thioether (sulfide) groups is 1. The maximum Gasteiger partial charge on any atom is 0.220 e. The van der Waals surface area contributed by atoms with Gasteiger partial charge in [0.15, 0.2) is 5.78 Å². The van der Waals surface area contributed by atoms with Crippen LogP contribution in [0.3, 0.4) is 0 Å². The molecule has 0 radical (unpaired) electrons. The van der Waals surface area contributed by atoms with E-state index in [0.717, 1.165) is 11.3 Å². The zero-order valence-electron chi connectivity index (χ0n) is 14.7. The molecule has 0 aliphatic heterocycles. The lowest BCUT2D eigenvalue weighted by atomic mass is 10.0. The van der Waals surface area contributed by atoms with Crippen LogP contribution in [0.5, 0.6) is 0 Å². The van der Waals surface area contributed by atoms with Crippen LogP contribution in [0.1, 0.15) is 31.6 Å². The average molecular weight is 359 g/mol. The molecule has 2 aromatic rings. The van der Waals surface area contributed by atoms with Crippen LogP contribution in [-0.4, -0.2) is 23.5 Å². The van der Waals surface area contributed by atoms with E-state index in [2.05, 4.69) is 5.32 Å². The lowest BCUT2D eigenvalue weighted by Gasteiger charge is -2.18. The molecule has 1 amide bonds. The highest BCUT2D eigenvalue weighted by Crippen LogP contribution is 2.14. The van der Waals surface area contributed by atoms with Crippen molar-refractivity contribution in [1.82, 2.24) is 5.32 Å². The van der Waals surface area contributed by atoms with Gasteiger partial charge in [-0.05, 0) is 30.0 Å². The van der Waals surface area contributed by atoms with Crippen molar-refractivity contribution in [2.45, 2.75) is 38.5 Å². The number of carbonyl (C=O) groups is 2. The molecule has 1 unspecified atom stereocenters. The molecule has 1 aromatic heterocycles. The van der Waals surface area contributed by atoms with Gasteiger partial charge in [0.1, 0.15) is 5.76 Å². The summed E-state index contributed by atoms with van der Waals surface area (Å²) in [6.45, 7) is 3.99. The number of Topliss-reactive ketones (excluding diaryl/α,β-unsaturated/α-hetero) is 1. The summed E-state index contributed by atoms with van der Waals surface area (Å²) in [5, 5.41) is 2.92. The first kappa shape index (κ1) is 19.3. The summed E-state index contributed by atoms with van der Waals surface area (Å²) in [7, 11) is 0. The second-order valence-electron chi connectivity index (χ2n) is 6.45. The second kappa shape index (κ2) is 10.1. The fourth-order valence-corrected chi connectivity index (χ4v) is 3.34. The van der Waals surface area contributed by atoms with Crippen LogP contribution in [0, 0.1) is 5.92 Å². The van der Waals surface area contributed by atoms with Crippen LogP contribution in [0.4, 0.5) is 0 Å². The number of hydrogen-bond acceptors (Lipinski definition) is 4. The van der Waals surface area contributed by atoms with Gasteiger partial charge in [-0.1, -0.05) is 44.2 Å². The van der Waals surface area contributed by atoms with Crippen molar-refractivity contribution >= 4 is 23.5 Å². The van der Waals surface area contributed by atoms with Crippen LogP contribution >= 0.6 is 11.8 Å². The molecule has 4 nitrogen and oxygen atoms in total. The number of furan rings is 1. The maximum atomic E-state index is 12.6. The molecule has 0 saturated carbocycles. The highest BCUT2D eigenvalue weighted by molar-refractivity contribution is 7.99. The standard InChI is InChI=1S/C20H25NO3S/c1-15(2)11-20(23)21-18(12-16-7-4-3-5-8-16)19(22)14-25-13-17-9-6-10-24-17/h3-10,15,18H,11-14H2,1-2H3,(H,21,23). The lowest BCUT2D eigenvalue weighted by Crippen LogP contribution is -2.43. The Morgan fingerprint density at radius 2 is 1.88 bits per heavy atom. The Kier molecular flexibility index (Phi) is 7.79. The first-order valence-corrected chi connectivity index (χ1v) is 9.66. The molecule has 0 aliphatic rings. The predicted octanol–water partition coefficient (Wildman–Crippen LogP) is 3.86. The van der Waals surface area contributed by atoms with Crippen molar-refractivity contribution in [3.05, 3.63) is 60.1 Å². The third kappa shape index (κ3) is 7.18. The monoisotopic (exact) mass is 359 g/mol. The van der Waals surface area contributed by atoms with E-state index in [1.54, 1.807) is 6.26 Å². The normalized spacial score (nSPS) is 12.1. The first-order valence-electron chi connectivity index (χ1n) is 8.50. The molecule has 1 atom stereocenters. The summed E-state index contributed by atoms with van der Waals surface area (Å²) in [5.41, 5.74) is 1.04. The zero-order valence-corrected chi connectivity index (χ0v) is 15.6. The van der Waals surface area contributed by atoms with E-state index in [-0.39, 0.29) is 17.6 Å². The number of hydrogen-bond donors (Lipinski definition) is 1. The van der Waals surface area contributed by atoms with E-state index in [9.17, 15) is 9.59 Å². The Balaban J connectivity index is 1.93. The van der Waals surface area contributed by atoms with Gasteiger partial charge in [-0.15, -0.1) is 11.8 Å². The first-order chi connectivity index (χ1) is 12.0. The molecule has 0 aliphatic carbocycles.